The zero-order valence-corrected chi connectivity index (χ0v) is 18.0. The Morgan fingerprint density at radius 2 is 1.60 bits per heavy atom. The van der Waals surface area contributed by atoms with Crippen LogP contribution in [-0.2, 0) is 4.79 Å². The molecule has 25 heavy (non-hydrogen) atoms. The molecule has 0 aliphatic rings. The zero-order valence-electron chi connectivity index (χ0n) is 16.4. The number of nitrogens with two attached hydrogens (primary N) is 1. The Hall–Kier alpha value is -1.07. The number of allylic oxidation sites excluding steroid dienone is 5. The molecule has 0 saturated heterocycles. The van der Waals surface area contributed by atoms with Crippen LogP contribution in [0, 0.1) is 0 Å². The summed E-state index contributed by atoms with van der Waals surface area (Å²) in [7, 11) is 0. The van der Waals surface area contributed by atoms with Crippen LogP contribution in [0.4, 0.5) is 0 Å². The Labute approximate surface area is 163 Å². The van der Waals surface area contributed by atoms with E-state index in [0.29, 0.717) is 10.7 Å². The molecule has 0 bridgehead atoms. The van der Waals surface area contributed by atoms with Gasteiger partial charge in [-0.05, 0) is 53.4 Å². The zero-order chi connectivity index (χ0) is 19.2. The number of carbonyl (C=O) groups excluding carboxylic acids is 1. The van der Waals surface area contributed by atoms with E-state index in [4.69, 9.17) is 18.0 Å². The Bertz CT molecular complexity index is 518. The van der Waals surface area contributed by atoms with Crippen molar-refractivity contribution >= 4 is 34.9 Å². The molecule has 3 N–H and O–H groups in total. The molecule has 0 spiro atoms. The summed E-state index contributed by atoms with van der Waals surface area (Å²) in [5.41, 5.74) is 9.90. The van der Waals surface area contributed by atoms with E-state index in [-0.39, 0.29) is 11.9 Å². The molecule has 142 valence electrons. The highest BCUT2D eigenvalue weighted by Gasteiger charge is 2.12. The molecule has 1 atom stereocenters. The van der Waals surface area contributed by atoms with Gasteiger partial charge >= 0.3 is 0 Å². The largest absolute Gasteiger partial charge is 0.392 e. The van der Waals surface area contributed by atoms with Crippen LogP contribution in [0.3, 0.4) is 0 Å². The molecule has 0 aliphatic heterocycles. The standard InChI is InChI=1S/C20H34N2OS2/c1-15(2)8-6-9-16(3)10-7-11-17(4)12-13-25-14-19(20(21)24)22-18(5)23/h8,10,12,19H,6-7,9,11,13-14H2,1-5H3,(H2,21,24)(H,22,23)/t19-/m1/s1. The summed E-state index contributed by atoms with van der Waals surface area (Å²) < 4.78 is 0. The number of amides is 1. The molecule has 0 unspecified atom stereocenters. The molecule has 3 nitrogen and oxygen atoms in total. The molecule has 0 fully saturated rings. The summed E-state index contributed by atoms with van der Waals surface area (Å²) in [6, 6.07) is -0.224. The lowest BCUT2D eigenvalue weighted by atomic mass is 10.1. The highest BCUT2D eigenvalue weighted by atomic mass is 32.2. The number of thioether (sulfide) groups is 1. The molecular formula is C20H34N2OS2. The average molecular weight is 383 g/mol. The summed E-state index contributed by atoms with van der Waals surface area (Å²) >= 11 is 6.72. The second-order valence-electron chi connectivity index (χ2n) is 6.65. The molecule has 0 aromatic heterocycles. The van der Waals surface area contributed by atoms with Crippen LogP contribution in [0.5, 0.6) is 0 Å². The minimum Gasteiger partial charge on any atom is -0.392 e. The average Bonchev–Trinajstić information content (AvgIpc) is 2.49. The number of hydrogen-bond acceptors (Lipinski definition) is 3. The summed E-state index contributed by atoms with van der Waals surface area (Å²) in [6.07, 6.45) is 11.4. The van der Waals surface area contributed by atoms with Gasteiger partial charge in [0.15, 0.2) is 0 Å². The normalized spacial score (nSPS) is 13.3. The first kappa shape index (κ1) is 23.9. The van der Waals surface area contributed by atoms with Crippen molar-refractivity contribution < 1.29 is 4.79 Å². The Kier molecular flexibility index (Phi) is 13.5. The van der Waals surface area contributed by atoms with Gasteiger partial charge in [0.2, 0.25) is 5.91 Å². The molecular weight excluding hydrogens is 348 g/mol. The molecule has 5 heteroatoms. The van der Waals surface area contributed by atoms with E-state index in [1.54, 1.807) is 11.8 Å². The molecule has 0 heterocycles. The van der Waals surface area contributed by atoms with Crippen LogP contribution in [0.2, 0.25) is 0 Å². The quantitative estimate of drug-likeness (QED) is 0.285. The number of nitrogens with one attached hydrogen (secondary N) is 1. The molecule has 0 aliphatic carbocycles. The highest BCUT2D eigenvalue weighted by Crippen LogP contribution is 2.13. The summed E-state index contributed by atoms with van der Waals surface area (Å²) in [6.45, 7) is 10.2. The lowest BCUT2D eigenvalue weighted by Crippen LogP contribution is -2.44. The summed E-state index contributed by atoms with van der Waals surface area (Å²) in [4.78, 5) is 11.5. The fourth-order valence-corrected chi connectivity index (χ4v) is 3.45. The van der Waals surface area contributed by atoms with E-state index in [0.717, 1.165) is 31.4 Å². The Morgan fingerprint density at radius 3 is 2.12 bits per heavy atom. The smallest absolute Gasteiger partial charge is 0.217 e. The Morgan fingerprint density at radius 1 is 1.04 bits per heavy atom. The highest BCUT2D eigenvalue weighted by molar-refractivity contribution is 7.99. The molecule has 0 aromatic carbocycles. The third kappa shape index (κ3) is 14.9. The van der Waals surface area contributed by atoms with Crippen LogP contribution >= 0.6 is 24.0 Å². The van der Waals surface area contributed by atoms with Gasteiger partial charge in [-0.2, -0.15) is 11.8 Å². The van der Waals surface area contributed by atoms with Crippen molar-refractivity contribution in [3.8, 4) is 0 Å². The number of carbonyl (C=O) groups is 1. The maximum atomic E-state index is 11.1. The van der Waals surface area contributed by atoms with E-state index >= 15 is 0 Å². The third-order valence-electron chi connectivity index (χ3n) is 3.68. The van der Waals surface area contributed by atoms with Gasteiger partial charge in [0.25, 0.3) is 0 Å². The lowest BCUT2D eigenvalue weighted by molar-refractivity contribution is -0.119. The van der Waals surface area contributed by atoms with E-state index in [1.807, 2.05) is 0 Å². The maximum Gasteiger partial charge on any atom is 0.217 e. The van der Waals surface area contributed by atoms with E-state index in [2.05, 4.69) is 51.2 Å². The monoisotopic (exact) mass is 382 g/mol. The molecule has 0 radical (unpaired) electrons. The van der Waals surface area contributed by atoms with Crippen molar-refractivity contribution in [3.05, 3.63) is 34.9 Å². The van der Waals surface area contributed by atoms with Crippen molar-refractivity contribution in [2.75, 3.05) is 11.5 Å². The van der Waals surface area contributed by atoms with Crippen LogP contribution in [0.25, 0.3) is 0 Å². The van der Waals surface area contributed by atoms with Crippen LogP contribution in [-0.4, -0.2) is 28.4 Å². The minimum atomic E-state index is -0.224. The first-order valence-corrected chi connectivity index (χ1v) is 10.4. The SMILES string of the molecule is CC(=O)N[C@H](CSCC=C(C)CCC=C(C)CCC=C(C)C)C(N)=S. The van der Waals surface area contributed by atoms with Gasteiger partial charge < -0.3 is 11.1 Å². The number of hydrogen-bond donors (Lipinski definition) is 2. The van der Waals surface area contributed by atoms with Gasteiger partial charge in [-0.15, -0.1) is 0 Å². The maximum absolute atomic E-state index is 11.1. The Balaban J connectivity index is 4.07. The number of thiocarbonyl (C=S) groups is 1. The fraction of sp³-hybridized carbons (Fsp3) is 0.600. The van der Waals surface area contributed by atoms with Crippen LogP contribution in [0.1, 0.15) is 60.3 Å². The lowest BCUT2D eigenvalue weighted by Gasteiger charge is -2.15. The third-order valence-corrected chi connectivity index (χ3v) is 4.93. The van der Waals surface area contributed by atoms with Gasteiger partial charge in [0.1, 0.15) is 0 Å². The first-order valence-electron chi connectivity index (χ1n) is 8.81. The number of rotatable bonds is 12. The van der Waals surface area contributed by atoms with Crippen molar-refractivity contribution in [1.82, 2.24) is 5.32 Å². The fourth-order valence-electron chi connectivity index (χ4n) is 2.17. The van der Waals surface area contributed by atoms with E-state index in [1.165, 1.54) is 23.6 Å². The van der Waals surface area contributed by atoms with Gasteiger partial charge in [-0.3, -0.25) is 4.79 Å². The second kappa shape index (κ2) is 14.1. The topological polar surface area (TPSA) is 55.1 Å². The first-order chi connectivity index (χ1) is 11.7. The van der Waals surface area contributed by atoms with Gasteiger partial charge in [-0.1, -0.05) is 47.2 Å². The van der Waals surface area contributed by atoms with Crippen molar-refractivity contribution in [1.29, 1.82) is 0 Å². The molecule has 0 saturated carbocycles. The predicted molar refractivity (Wildman–Crippen MR) is 117 cm³/mol. The van der Waals surface area contributed by atoms with Gasteiger partial charge in [0.05, 0.1) is 11.0 Å². The summed E-state index contributed by atoms with van der Waals surface area (Å²) in [5.74, 6) is 1.52. The van der Waals surface area contributed by atoms with E-state index < -0.39 is 0 Å². The van der Waals surface area contributed by atoms with Gasteiger partial charge in [0, 0.05) is 18.4 Å². The van der Waals surface area contributed by atoms with Crippen molar-refractivity contribution in [3.63, 3.8) is 0 Å². The van der Waals surface area contributed by atoms with Crippen molar-refractivity contribution in [2.24, 2.45) is 5.73 Å². The van der Waals surface area contributed by atoms with Gasteiger partial charge in [-0.25, -0.2) is 0 Å². The van der Waals surface area contributed by atoms with Crippen LogP contribution in [0.15, 0.2) is 34.9 Å². The van der Waals surface area contributed by atoms with Crippen molar-refractivity contribution in [2.45, 2.75) is 66.3 Å². The van der Waals surface area contributed by atoms with Crippen LogP contribution < -0.4 is 11.1 Å². The molecule has 1 amide bonds. The predicted octanol–water partition coefficient (Wildman–Crippen LogP) is 4.93. The summed E-state index contributed by atoms with van der Waals surface area (Å²) in [5, 5.41) is 2.78. The minimum absolute atomic E-state index is 0.100. The second-order valence-corrected chi connectivity index (χ2v) is 8.20. The van der Waals surface area contributed by atoms with E-state index in [9.17, 15) is 4.79 Å². The molecule has 0 rings (SSSR count). The molecule has 0 aromatic rings.